The van der Waals surface area contributed by atoms with Crippen molar-refractivity contribution in [2.45, 2.75) is 39.8 Å². The van der Waals surface area contributed by atoms with Crippen LogP contribution in [0.4, 0.5) is 0 Å². The molecule has 2 rings (SSSR count). The van der Waals surface area contributed by atoms with Crippen LogP contribution in [0, 0.1) is 5.92 Å². The van der Waals surface area contributed by atoms with Crippen molar-refractivity contribution < 1.29 is 14.3 Å². The molecular formula is C23H29ClN2O3. The van der Waals surface area contributed by atoms with Crippen molar-refractivity contribution in [1.82, 2.24) is 10.2 Å². The van der Waals surface area contributed by atoms with Gasteiger partial charge in [-0.25, -0.2) is 0 Å². The Labute approximate surface area is 178 Å². The summed E-state index contributed by atoms with van der Waals surface area (Å²) in [5.74, 6) is 0.813. The van der Waals surface area contributed by atoms with E-state index >= 15 is 0 Å². The second-order valence-corrected chi connectivity index (χ2v) is 7.92. The number of carbonyl (C=O) groups is 2. The highest BCUT2D eigenvalue weighted by Crippen LogP contribution is 2.17. The maximum Gasteiger partial charge on any atom is 0.242 e. The first-order chi connectivity index (χ1) is 13.8. The quantitative estimate of drug-likeness (QED) is 0.670. The standard InChI is InChI=1S/C23H29ClN2O3/c1-16(2)14-25-23(28)17(3)26(15-19-7-11-21(29-4)12-8-19)22(27)13-18-5-9-20(24)10-6-18/h5-12,16-17H,13-15H2,1-4H3,(H,25,28). The van der Waals surface area contributed by atoms with Gasteiger partial charge in [0.1, 0.15) is 11.8 Å². The molecule has 0 fully saturated rings. The molecule has 156 valence electrons. The summed E-state index contributed by atoms with van der Waals surface area (Å²) in [7, 11) is 1.61. The van der Waals surface area contributed by atoms with E-state index in [0.29, 0.717) is 24.0 Å². The Balaban J connectivity index is 2.18. The summed E-state index contributed by atoms with van der Waals surface area (Å²) in [4.78, 5) is 27.4. The second kappa shape index (κ2) is 10.9. The van der Waals surface area contributed by atoms with E-state index in [-0.39, 0.29) is 18.2 Å². The highest BCUT2D eigenvalue weighted by Gasteiger charge is 2.26. The van der Waals surface area contributed by atoms with Gasteiger partial charge in [-0.1, -0.05) is 49.7 Å². The van der Waals surface area contributed by atoms with Crippen molar-refractivity contribution >= 4 is 23.4 Å². The number of halogens is 1. The summed E-state index contributed by atoms with van der Waals surface area (Å²) in [5.41, 5.74) is 1.78. The van der Waals surface area contributed by atoms with Gasteiger partial charge in [0.15, 0.2) is 0 Å². The third-order valence-corrected chi connectivity index (χ3v) is 4.88. The van der Waals surface area contributed by atoms with Gasteiger partial charge in [-0.15, -0.1) is 0 Å². The number of rotatable bonds is 9. The molecule has 0 aliphatic heterocycles. The second-order valence-electron chi connectivity index (χ2n) is 7.49. The number of methoxy groups -OCH3 is 1. The molecule has 2 aromatic carbocycles. The van der Waals surface area contributed by atoms with Gasteiger partial charge >= 0.3 is 0 Å². The Bertz CT molecular complexity index is 804. The zero-order valence-corrected chi connectivity index (χ0v) is 18.2. The Kier molecular flexibility index (Phi) is 8.52. The van der Waals surface area contributed by atoms with Crippen molar-refractivity contribution in [2.24, 2.45) is 5.92 Å². The molecule has 6 heteroatoms. The van der Waals surface area contributed by atoms with E-state index in [0.717, 1.165) is 16.9 Å². The number of carbonyl (C=O) groups excluding carboxylic acids is 2. The number of ether oxygens (including phenoxy) is 1. The fraction of sp³-hybridized carbons (Fsp3) is 0.391. The Morgan fingerprint density at radius 2 is 1.59 bits per heavy atom. The van der Waals surface area contributed by atoms with E-state index in [1.54, 1.807) is 31.1 Å². The van der Waals surface area contributed by atoms with Crippen LogP contribution in [0.25, 0.3) is 0 Å². The maximum atomic E-state index is 13.1. The fourth-order valence-corrected chi connectivity index (χ4v) is 2.97. The molecule has 0 saturated carbocycles. The van der Waals surface area contributed by atoms with Crippen LogP contribution in [0.15, 0.2) is 48.5 Å². The van der Waals surface area contributed by atoms with Crippen LogP contribution < -0.4 is 10.1 Å². The molecule has 0 saturated heterocycles. The highest BCUT2D eigenvalue weighted by molar-refractivity contribution is 6.30. The Morgan fingerprint density at radius 3 is 2.14 bits per heavy atom. The van der Waals surface area contributed by atoms with E-state index in [4.69, 9.17) is 16.3 Å². The normalized spacial score (nSPS) is 11.8. The van der Waals surface area contributed by atoms with Gasteiger partial charge in [0.2, 0.25) is 11.8 Å². The van der Waals surface area contributed by atoms with Gasteiger partial charge in [-0.2, -0.15) is 0 Å². The van der Waals surface area contributed by atoms with Gasteiger partial charge in [0, 0.05) is 18.1 Å². The van der Waals surface area contributed by atoms with E-state index in [9.17, 15) is 9.59 Å². The fourth-order valence-electron chi connectivity index (χ4n) is 2.84. The SMILES string of the molecule is COc1ccc(CN(C(=O)Cc2ccc(Cl)cc2)C(C)C(=O)NCC(C)C)cc1. The minimum atomic E-state index is -0.587. The van der Waals surface area contributed by atoms with Crippen LogP contribution in [-0.4, -0.2) is 36.4 Å². The molecule has 5 nitrogen and oxygen atoms in total. The van der Waals surface area contributed by atoms with Crippen molar-refractivity contribution in [3.63, 3.8) is 0 Å². The molecular weight excluding hydrogens is 388 g/mol. The van der Waals surface area contributed by atoms with Crippen molar-refractivity contribution in [3.05, 3.63) is 64.7 Å². The highest BCUT2D eigenvalue weighted by atomic mass is 35.5. The van der Waals surface area contributed by atoms with Gasteiger partial charge < -0.3 is 15.0 Å². The molecule has 1 atom stereocenters. The van der Waals surface area contributed by atoms with E-state index in [2.05, 4.69) is 5.32 Å². The average molecular weight is 417 g/mol. The molecule has 0 heterocycles. The third-order valence-electron chi connectivity index (χ3n) is 4.63. The predicted molar refractivity (Wildman–Crippen MR) is 116 cm³/mol. The average Bonchev–Trinajstić information content (AvgIpc) is 2.71. The van der Waals surface area contributed by atoms with Crippen LogP contribution in [-0.2, 0) is 22.6 Å². The molecule has 0 bridgehead atoms. The lowest BCUT2D eigenvalue weighted by molar-refractivity contribution is -0.140. The minimum absolute atomic E-state index is 0.115. The summed E-state index contributed by atoms with van der Waals surface area (Å²) >= 11 is 5.94. The third kappa shape index (κ3) is 7.09. The largest absolute Gasteiger partial charge is 0.497 e. The number of nitrogens with one attached hydrogen (secondary N) is 1. The van der Waals surface area contributed by atoms with Crippen LogP contribution in [0.2, 0.25) is 5.02 Å². The number of nitrogens with zero attached hydrogens (tertiary/aromatic N) is 1. The van der Waals surface area contributed by atoms with Crippen LogP contribution in [0.1, 0.15) is 31.9 Å². The van der Waals surface area contributed by atoms with Crippen molar-refractivity contribution in [3.8, 4) is 5.75 Å². The number of amides is 2. The summed E-state index contributed by atoms with van der Waals surface area (Å²) in [6.07, 6.45) is 0.203. The number of hydrogen-bond donors (Lipinski definition) is 1. The molecule has 0 aliphatic carbocycles. The molecule has 0 aromatic heterocycles. The van der Waals surface area contributed by atoms with Crippen LogP contribution in [0.3, 0.4) is 0 Å². The van der Waals surface area contributed by atoms with Gasteiger partial charge in [0.05, 0.1) is 13.5 Å². The first-order valence-corrected chi connectivity index (χ1v) is 10.1. The summed E-state index contributed by atoms with van der Waals surface area (Å²) in [6.45, 7) is 6.74. The molecule has 0 spiro atoms. The van der Waals surface area contributed by atoms with Crippen molar-refractivity contribution in [1.29, 1.82) is 0 Å². The lowest BCUT2D eigenvalue weighted by Gasteiger charge is -2.29. The number of benzene rings is 2. The molecule has 2 aromatic rings. The smallest absolute Gasteiger partial charge is 0.242 e. The van der Waals surface area contributed by atoms with Gasteiger partial charge in [0.25, 0.3) is 0 Å². The molecule has 2 amide bonds. The summed E-state index contributed by atoms with van der Waals surface area (Å²) in [6, 6.07) is 14.1. The Hall–Kier alpha value is -2.53. The minimum Gasteiger partial charge on any atom is -0.497 e. The van der Waals surface area contributed by atoms with Crippen LogP contribution >= 0.6 is 11.6 Å². The summed E-state index contributed by atoms with van der Waals surface area (Å²) < 4.78 is 5.19. The number of hydrogen-bond acceptors (Lipinski definition) is 3. The Morgan fingerprint density at radius 1 is 1.00 bits per heavy atom. The zero-order chi connectivity index (χ0) is 21.4. The first kappa shape index (κ1) is 22.8. The van der Waals surface area contributed by atoms with Crippen molar-refractivity contribution in [2.75, 3.05) is 13.7 Å². The molecule has 29 heavy (non-hydrogen) atoms. The molecule has 0 aliphatic rings. The van der Waals surface area contributed by atoms with E-state index in [1.807, 2.05) is 50.2 Å². The topological polar surface area (TPSA) is 58.6 Å². The van der Waals surface area contributed by atoms with E-state index < -0.39 is 6.04 Å². The molecule has 1 unspecified atom stereocenters. The predicted octanol–water partition coefficient (Wildman–Crippen LogP) is 4.08. The molecule has 1 N–H and O–H groups in total. The lowest BCUT2D eigenvalue weighted by atomic mass is 10.1. The lowest BCUT2D eigenvalue weighted by Crippen LogP contribution is -2.48. The monoisotopic (exact) mass is 416 g/mol. The molecule has 0 radical (unpaired) electrons. The zero-order valence-electron chi connectivity index (χ0n) is 17.4. The van der Waals surface area contributed by atoms with E-state index in [1.165, 1.54) is 0 Å². The maximum absolute atomic E-state index is 13.1. The van der Waals surface area contributed by atoms with Crippen LogP contribution in [0.5, 0.6) is 5.75 Å². The van der Waals surface area contributed by atoms with Gasteiger partial charge in [-0.05, 0) is 48.2 Å². The van der Waals surface area contributed by atoms with Gasteiger partial charge in [-0.3, -0.25) is 9.59 Å². The summed E-state index contributed by atoms with van der Waals surface area (Å²) in [5, 5.41) is 3.55. The first-order valence-electron chi connectivity index (χ1n) is 9.74.